The Balaban J connectivity index is 2.49. The molecule has 2 N–H and O–H groups in total. The van der Waals surface area contributed by atoms with E-state index >= 15 is 0 Å². The zero-order valence-electron chi connectivity index (χ0n) is 7.01. The summed E-state index contributed by atoms with van der Waals surface area (Å²) in [6, 6.07) is -0.180. The summed E-state index contributed by atoms with van der Waals surface area (Å²) in [6.07, 6.45) is 0. The molecule has 1 aliphatic rings. The van der Waals surface area contributed by atoms with E-state index < -0.39 is 0 Å². The standard InChI is InChI=1S/C7H10N4O/c1-4-5-3-8-7(12)9-6(5)10-11(4)2/h3H2,1-2H3,(H2,8,9,10,12). The first-order chi connectivity index (χ1) is 5.68. The second-order valence-electron chi connectivity index (χ2n) is 2.84. The fourth-order valence-corrected chi connectivity index (χ4v) is 1.28. The molecule has 0 fully saturated rings. The van der Waals surface area contributed by atoms with E-state index in [1.807, 2.05) is 14.0 Å². The monoisotopic (exact) mass is 166 g/mol. The number of aryl methyl sites for hydroxylation is 1. The number of nitrogens with one attached hydrogen (secondary N) is 2. The van der Waals surface area contributed by atoms with Crippen LogP contribution in [0.2, 0.25) is 0 Å². The first-order valence-corrected chi connectivity index (χ1v) is 3.76. The van der Waals surface area contributed by atoms with Crippen LogP contribution in [0.5, 0.6) is 0 Å². The van der Waals surface area contributed by atoms with Crippen molar-refractivity contribution in [3.8, 4) is 0 Å². The van der Waals surface area contributed by atoms with Gasteiger partial charge in [-0.05, 0) is 6.92 Å². The van der Waals surface area contributed by atoms with Gasteiger partial charge in [0.2, 0.25) is 0 Å². The minimum Gasteiger partial charge on any atom is -0.334 e. The van der Waals surface area contributed by atoms with Gasteiger partial charge in [-0.2, -0.15) is 5.10 Å². The zero-order valence-corrected chi connectivity index (χ0v) is 7.01. The van der Waals surface area contributed by atoms with Crippen molar-refractivity contribution in [1.82, 2.24) is 15.1 Å². The molecule has 0 saturated carbocycles. The number of aromatic nitrogens is 2. The van der Waals surface area contributed by atoms with Gasteiger partial charge in [-0.3, -0.25) is 10.00 Å². The number of hydrogen-bond acceptors (Lipinski definition) is 2. The van der Waals surface area contributed by atoms with Crippen molar-refractivity contribution in [2.24, 2.45) is 7.05 Å². The SMILES string of the molecule is Cc1c2c(nn1C)NC(=O)NC2. The van der Waals surface area contributed by atoms with Crippen molar-refractivity contribution in [2.45, 2.75) is 13.5 Å². The maximum Gasteiger partial charge on any atom is 0.320 e. The van der Waals surface area contributed by atoms with Gasteiger partial charge in [0, 0.05) is 18.3 Å². The summed E-state index contributed by atoms with van der Waals surface area (Å²) in [6.45, 7) is 2.55. The van der Waals surface area contributed by atoms with Crippen LogP contribution in [0.25, 0.3) is 0 Å². The predicted molar refractivity (Wildman–Crippen MR) is 43.8 cm³/mol. The molecule has 2 amide bonds. The minimum absolute atomic E-state index is 0.180. The van der Waals surface area contributed by atoms with E-state index in [4.69, 9.17) is 0 Å². The van der Waals surface area contributed by atoms with Crippen LogP contribution in [0, 0.1) is 6.92 Å². The number of carbonyl (C=O) groups is 1. The number of hydrogen-bond donors (Lipinski definition) is 2. The van der Waals surface area contributed by atoms with Gasteiger partial charge in [0.25, 0.3) is 0 Å². The number of amides is 2. The first kappa shape index (κ1) is 7.15. The highest BCUT2D eigenvalue weighted by molar-refractivity contribution is 5.91. The van der Waals surface area contributed by atoms with Crippen molar-refractivity contribution >= 4 is 11.8 Å². The lowest BCUT2D eigenvalue weighted by Gasteiger charge is -2.12. The fourth-order valence-electron chi connectivity index (χ4n) is 1.28. The molecule has 1 aromatic rings. The molecule has 64 valence electrons. The van der Waals surface area contributed by atoms with Crippen molar-refractivity contribution in [3.05, 3.63) is 11.3 Å². The lowest BCUT2D eigenvalue weighted by atomic mass is 10.2. The summed E-state index contributed by atoms with van der Waals surface area (Å²) < 4.78 is 1.76. The Morgan fingerprint density at radius 3 is 3.08 bits per heavy atom. The van der Waals surface area contributed by atoms with Gasteiger partial charge < -0.3 is 5.32 Å². The zero-order chi connectivity index (χ0) is 8.72. The number of fused-ring (bicyclic) bond motifs is 1. The quantitative estimate of drug-likeness (QED) is 0.584. The maximum atomic E-state index is 10.9. The lowest BCUT2D eigenvalue weighted by Crippen LogP contribution is -2.33. The van der Waals surface area contributed by atoms with Crippen LogP contribution in [-0.2, 0) is 13.6 Å². The molecule has 5 nitrogen and oxygen atoms in total. The highest BCUT2D eigenvalue weighted by Crippen LogP contribution is 2.19. The van der Waals surface area contributed by atoms with Gasteiger partial charge in [-0.1, -0.05) is 0 Å². The highest BCUT2D eigenvalue weighted by Gasteiger charge is 2.19. The Hall–Kier alpha value is -1.52. The van der Waals surface area contributed by atoms with Crippen LogP contribution in [0.15, 0.2) is 0 Å². The van der Waals surface area contributed by atoms with Gasteiger partial charge in [-0.25, -0.2) is 4.79 Å². The van der Waals surface area contributed by atoms with Gasteiger partial charge in [0.15, 0.2) is 5.82 Å². The average Bonchev–Trinajstić information content (AvgIpc) is 2.28. The first-order valence-electron chi connectivity index (χ1n) is 3.76. The third kappa shape index (κ3) is 0.861. The number of nitrogens with zero attached hydrogens (tertiary/aromatic N) is 2. The lowest BCUT2D eigenvalue weighted by molar-refractivity contribution is 0.251. The van der Waals surface area contributed by atoms with Gasteiger partial charge in [0.05, 0.1) is 6.54 Å². The average molecular weight is 166 g/mol. The molecule has 0 unspecified atom stereocenters. The summed E-state index contributed by atoms with van der Waals surface area (Å²) >= 11 is 0. The molecular formula is C7H10N4O. The van der Waals surface area contributed by atoms with E-state index in [1.54, 1.807) is 4.68 Å². The molecule has 2 rings (SSSR count). The minimum atomic E-state index is -0.180. The molecule has 0 aliphatic carbocycles. The highest BCUT2D eigenvalue weighted by atomic mass is 16.2. The Bertz CT molecular complexity index is 341. The van der Waals surface area contributed by atoms with Crippen molar-refractivity contribution < 1.29 is 4.79 Å². The number of rotatable bonds is 0. The number of urea groups is 1. The van der Waals surface area contributed by atoms with Crippen LogP contribution in [-0.4, -0.2) is 15.8 Å². The molecule has 5 heteroatoms. The Morgan fingerprint density at radius 2 is 2.33 bits per heavy atom. The second-order valence-corrected chi connectivity index (χ2v) is 2.84. The Labute approximate surface area is 69.8 Å². The van der Waals surface area contributed by atoms with E-state index in [0.717, 1.165) is 11.3 Å². The van der Waals surface area contributed by atoms with E-state index in [2.05, 4.69) is 15.7 Å². The molecule has 0 saturated heterocycles. The topological polar surface area (TPSA) is 59.0 Å². The van der Waals surface area contributed by atoms with E-state index in [-0.39, 0.29) is 6.03 Å². The molecule has 1 aliphatic heterocycles. The smallest absolute Gasteiger partial charge is 0.320 e. The summed E-state index contributed by atoms with van der Waals surface area (Å²) in [7, 11) is 1.86. The molecule has 0 radical (unpaired) electrons. The fraction of sp³-hybridized carbons (Fsp3) is 0.429. The summed E-state index contributed by atoms with van der Waals surface area (Å²) in [4.78, 5) is 10.9. The molecule has 0 bridgehead atoms. The summed E-state index contributed by atoms with van der Waals surface area (Å²) in [5.74, 6) is 0.679. The normalized spacial score (nSPS) is 15.0. The third-order valence-corrected chi connectivity index (χ3v) is 2.12. The molecule has 0 aromatic carbocycles. The second kappa shape index (κ2) is 2.23. The van der Waals surface area contributed by atoms with E-state index in [9.17, 15) is 4.79 Å². The third-order valence-electron chi connectivity index (χ3n) is 2.12. The Kier molecular flexibility index (Phi) is 1.33. The number of anilines is 1. The van der Waals surface area contributed by atoms with Crippen molar-refractivity contribution in [1.29, 1.82) is 0 Å². The van der Waals surface area contributed by atoms with Gasteiger partial charge in [-0.15, -0.1) is 0 Å². The van der Waals surface area contributed by atoms with Crippen molar-refractivity contribution in [3.63, 3.8) is 0 Å². The molecule has 1 aromatic heterocycles. The molecular weight excluding hydrogens is 156 g/mol. The predicted octanol–water partition coefficient (Wildman–Crippen LogP) is 0.364. The Morgan fingerprint density at radius 1 is 1.58 bits per heavy atom. The molecule has 0 spiro atoms. The largest absolute Gasteiger partial charge is 0.334 e. The number of carbonyl (C=O) groups excluding carboxylic acids is 1. The van der Waals surface area contributed by atoms with Crippen LogP contribution >= 0.6 is 0 Å². The molecule has 0 atom stereocenters. The van der Waals surface area contributed by atoms with Gasteiger partial charge in [0.1, 0.15) is 0 Å². The van der Waals surface area contributed by atoms with Crippen LogP contribution in [0.1, 0.15) is 11.3 Å². The molecule has 2 heterocycles. The van der Waals surface area contributed by atoms with Crippen LogP contribution in [0.4, 0.5) is 10.6 Å². The van der Waals surface area contributed by atoms with Crippen LogP contribution < -0.4 is 10.6 Å². The maximum absolute atomic E-state index is 10.9. The summed E-state index contributed by atoms with van der Waals surface area (Å²) in [5.41, 5.74) is 2.15. The molecule has 12 heavy (non-hydrogen) atoms. The van der Waals surface area contributed by atoms with Crippen LogP contribution in [0.3, 0.4) is 0 Å². The van der Waals surface area contributed by atoms with Crippen molar-refractivity contribution in [2.75, 3.05) is 5.32 Å². The van der Waals surface area contributed by atoms with E-state index in [0.29, 0.717) is 12.4 Å². The van der Waals surface area contributed by atoms with Gasteiger partial charge >= 0.3 is 6.03 Å². The summed E-state index contributed by atoms with van der Waals surface area (Å²) in [5, 5.41) is 9.47. The van der Waals surface area contributed by atoms with E-state index in [1.165, 1.54) is 0 Å².